The van der Waals surface area contributed by atoms with Crippen molar-refractivity contribution in [3.63, 3.8) is 0 Å². The van der Waals surface area contributed by atoms with Gasteiger partial charge in [-0.2, -0.15) is 0 Å². The molecule has 0 saturated heterocycles. The summed E-state index contributed by atoms with van der Waals surface area (Å²) < 4.78 is 2.04. The van der Waals surface area contributed by atoms with E-state index in [9.17, 15) is 0 Å². The summed E-state index contributed by atoms with van der Waals surface area (Å²) in [6, 6.07) is 6.36. The lowest BCUT2D eigenvalue weighted by Crippen LogP contribution is -2.10. The molecule has 3 heteroatoms. The first-order chi connectivity index (χ1) is 7.59. The minimum Gasteiger partial charge on any atom is -0.323 e. The first-order valence-corrected chi connectivity index (χ1v) is 5.45. The molecular weight excluding hydrogens is 198 g/mol. The number of hydrogen-bond donors (Lipinski definition) is 1. The smallest absolute Gasteiger partial charge is 0.0994 e. The molecule has 1 heterocycles. The molecule has 2 aromatic rings. The van der Waals surface area contributed by atoms with E-state index in [4.69, 9.17) is 5.73 Å². The van der Waals surface area contributed by atoms with Crippen LogP contribution in [0.2, 0.25) is 0 Å². The standard InChI is InChI=1S/C13H17N3/c1-9-4-5-12(6-10(9)2)16-8-15-7-13(16)11(3)14/h4-8,11H,14H2,1-3H3/t11-/m0/s1. The molecule has 0 amide bonds. The average Bonchev–Trinajstić information content (AvgIpc) is 2.71. The second-order valence-electron chi connectivity index (χ2n) is 4.25. The Bertz CT molecular complexity index is 498. The molecule has 3 nitrogen and oxygen atoms in total. The van der Waals surface area contributed by atoms with Gasteiger partial charge in [0.1, 0.15) is 0 Å². The Hall–Kier alpha value is -1.61. The van der Waals surface area contributed by atoms with Crippen LogP contribution in [0.4, 0.5) is 0 Å². The number of nitrogens with two attached hydrogens (primary N) is 1. The highest BCUT2D eigenvalue weighted by molar-refractivity contribution is 5.41. The van der Waals surface area contributed by atoms with Gasteiger partial charge in [0, 0.05) is 11.7 Å². The summed E-state index contributed by atoms with van der Waals surface area (Å²) in [5.41, 5.74) is 10.6. The highest BCUT2D eigenvalue weighted by Crippen LogP contribution is 2.18. The maximum atomic E-state index is 5.90. The molecule has 0 bridgehead atoms. The van der Waals surface area contributed by atoms with Gasteiger partial charge in [0.15, 0.2) is 0 Å². The number of benzene rings is 1. The third-order valence-corrected chi connectivity index (χ3v) is 2.90. The van der Waals surface area contributed by atoms with E-state index in [-0.39, 0.29) is 6.04 Å². The summed E-state index contributed by atoms with van der Waals surface area (Å²) in [4.78, 5) is 4.15. The van der Waals surface area contributed by atoms with E-state index in [1.54, 1.807) is 0 Å². The van der Waals surface area contributed by atoms with Crippen LogP contribution in [0.3, 0.4) is 0 Å². The molecule has 0 unspecified atom stereocenters. The van der Waals surface area contributed by atoms with Gasteiger partial charge in [-0.3, -0.25) is 0 Å². The Morgan fingerprint density at radius 3 is 2.62 bits per heavy atom. The van der Waals surface area contributed by atoms with Crippen molar-refractivity contribution in [2.75, 3.05) is 0 Å². The van der Waals surface area contributed by atoms with Crippen LogP contribution in [-0.2, 0) is 0 Å². The molecule has 84 valence electrons. The summed E-state index contributed by atoms with van der Waals surface area (Å²) in [5.74, 6) is 0. The van der Waals surface area contributed by atoms with Crippen LogP contribution in [0.5, 0.6) is 0 Å². The van der Waals surface area contributed by atoms with Gasteiger partial charge < -0.3 is 10.3 Å². The largest absolute Gasteiger partial charge is 0.323 e. The van der Waals surface area contributed by atoms with Gasteiger partial charge in [-0.1, -0.05) is 6.07 Å². The van der Waals surface area contributed by atoms with Crippen LogP contribution in [0.15, 0.2) is 30.7 Å². The van der Waals surface area contributed by atoms with Crippen molar-refractivity contribution in [1.29, 1.82) is 0 Å². The molecular formula is C13H17N3. The first-order valence-electron chi connectivity index (χ1n) is 5.45. The van der Waals surface area contributed by atoms with E-state index in [1.165, 1.54) is 11.1 Å². The van der Waals surface area contributed by atoms with E-state index in [0.717, 1.165) is 11.4 Å². The molecule has 2 N–H and O–H groups in total. The lowest BCUT2D eigenvalue weighted by atomic mass is 10.1. The highest BCUT2D eigenvalue weighted by Gasteiger charge is 2.08. The molecule has 0 fully saturated rings. The summed E-state index contributed by atoms with van der Waals surface area (Å²) in [5, 5.41) is 0. The van der Waals surface area contributed by atoms with Crippen molar-refractivity contribution in [2.24, 2.45) is 5.73 Å². The summed E-state index contributed by atoms with van der Waals surface area (Å²) in [6.07, 6.45) is 3.63. The van der Waals surface area contributed by atoms with Crippen molar-refractivity contribution in [2.45, 2.75) is 26.8 Å². The second-order valence-corrected chi connectivity index (χ2v) is 4.25. The SMILES string of the molecule is Cc1ccc(-n2cncc2[C@H](C)N)cc1C. The third kappa shape index (κ3) is 1.86. The van der Waals surface area contributed by atoms with Crippen LogP contribution >= 0.6 is 0 Å². The topological polar surface area (TPSA) is 43.8 Å². The third-order valence-electron chi connectivity index (χ3n) is 2.90. The van der Waals surface area contributed by atoms with E-state index in [0.29, 0.717) is 0 Å². The molecule has 1 atom stereocenters. The van der Waals surface area contributed by atoms with E-state index < -0.39 is 0 Å². The van der Waals surface area contributed by atoms with Crippen molar-refractivity contribution in [3.8, 4) is 5.69 Å². The molecule has 0 aliphatic heterocycles. The monoisotopic (exact) mass is 215 g/mol. The molecule has 2 rings (SSSR count). The normalized spacial score (nSPS) is 12.8. The van der Waals surface area contributed by atoms with Crippen molar-refractivity contribution in [3.05, 3.63) is 47.5 Å². The highest BCUT2D eigenvalue weighted by atomic mass is 15.1. The number of rotatable bonds is 2. The van der Waals surface area contributed by atoms with Gasteiger partial charge in [0.25, 0.3) is 0 Å². The molecule has 1 aromatic carbocycles. The molecule has 0 aliphatic rings. The number of nitrogens with zero attached hydrogens (tertiary/aromatic N) is 2. The molecule has 0 saturated carbocycles. The fourth-order valence-corrected chi connectivity index (χ4v) is 1.73. The maximum Gasteiger partial charge on any atom is 0.0994 e. The Labute approximate surface area is 95.9 Å². The molecule has 0 aliphatic carbocycles. The van der Waals surface area contributed by atoms with Crippen molar-refractivity contribution >= 4 is 0 Å². The van der Waals surface area contributed by atoms with Crippen LogP contribution in [0.25, 0.3) is 5.69 Å². The Kier molecular flexibility index (Phi) is 2.79. The Morgan fingerprint density at radius 1 is 1.25 bits per heavy atom. The van der Waals surface area contributed by atoms with Gasteiger partial charge in [0.05, 0.1) is 18.2 Å². The van der Waals surface area contributed by atoms with E-state index >= 15 is 0 Å². The number of aryl methyl sites for hydroxylation is 2. The summed E-state index contributed by atoms with van der Waals surface area (Å²) >= 11 is 0. The van der Waals surface area contributed by atoms with Crippen molar-refractivity contribution in [1.82, 2.24) is 9.55 Å². The zero-order valence-electron chi connectivity index (χ0n) is 9.94. The summed E-state index contributed by atoms with van der Waals surface area (Å²) in [7, 11) is 0. The predicted octanol–water partition coefficient (Wildman–Crippen LogP) is 2.51. The minimum atomic E-state index is -0.0101. The lowest BCUT2D eigenvalue weighted by molar-refractivity contribution is 0.752. The fraction of sp³-hybridized carbons (Fsp3) is 0.308. The van der Waals surface area contributed by atoms with Crippen molar-refractivity contribution < 1.29 is 0 Å². The molecule has 0 spiro atoms. The van der Waals surface area contributed by atoms with Gasteiger partial charge in [0.2, 0.25) is 0 Å². The van der Waals surface area contributed by atoms with Crippen LogP contribution in [0.1, 0.15) is 29.8 Å². The number of imidazole rings is 1. The van der Waals surface area contributed by atoms with Crippen LogP contribution < -0.4 is 5.73 Å². The zero-order valence-corrected chi connectivity index (χ0v) is 9.94. The number of aromatic nitrogens is 2. The zero-order chi connectivity index (χ0) is 11.7. The van der Waals surface area contributed by atoms with E-state index in [1.807, 2.05) is 24.0 Å². The number of hydrogen-bond acceptors (Lipinski definition) is 2. The van der Waals surface area contributed by atoms with Crippen LogP contribution in [-0.4, -0.2) is 9.55 Å². The van der Waals surface area contributed by atoms with Gasteiger partial charge >= 0.3 is 0 Å². The Balaban J connectivity index is 2.50. The van der Waals surface area contributed by atoms with Gasteiger partial charge in [-0.05, 0) is 44.0 Å². The first kappa shape index (κ1) is 10.9. The Morgan fingerprint density at radius 2 is 2.00 bits per heavy atom. The molecule has 16 heavy (non-hydrogen) atoms. The fourth-order valence-electron chi connectivity index (χ4n) is 1.73. The maximum absolute atomic E-state index is 5.90. The average molecular weight is 215 g/mol. The molecule has 1 aromatic heterocycles. The molecule has 0 radical (unpaired) electrons. The van der Waals surface area contributed by atoms with Crippen LogP contribution in [0, 0.1) is 13.8 Å². The van der Waals surface area contributed by atoms with Gasteiger partial charge in [-0.15, -0.1) is 0 Å². The minimum absolute atomic E-state index is 0.0101. The summed E-state index contributed by atoms with van der Waals surface area (Å²) in [6.45, 7) is 6.19. The lowest BCUT2D eigenvalue weighted by Gasteiger charge is -2.12. The predicted molar refractivity (Wildman–Crippen MR) is 65.6 cm³/mol. The van der Waals surface area contributed by atoms with E-state index in [2.05, 4.69) is 37.0 Å². The quantitative estimate of drug-likeness (QED) is 0.836. The van der Waals surface area contributed by atoms with Gasteiger partial charge in [-0.25, -0.2) is 4.98 Å². The second kappa shape index (κ2) is 4.10.